The van der Waals surface area contributed by atoms with Crippen molar-refractivity contribution in [1.29, 1.82) is 0 Å². The van der Waals surface area contributed by atoms with Crippen LogP contribution in [-0.4, -0.2) is 38.1 Å². The minimum atomic E-state index is 0.626. The summed E-state index contributed by atoms with van der Waals surface area (Å²) in [6.07, 6.45) is 12.5. The number of rotatable bonds is 5. The van der Waals surface area contributed by atoms with Crippen LogP contribution >= 0.6 is 0 Å². The highest BCUT2D eigenvalue weighted by Gasteiger charge is 2.04. The Labute approximate surface area is 95.4 Å². The lowest BCUT2D eigenvalue weighted by Gasteiger charge is -2.21. The normalized spacial score (nSPS) is 10.9. The fourth-order valence-corrected chi connectivity index (χ4v) is 1.04. The number of hydrogen-bond donors (Lipinski definition) is 1. The molecule has 1 atom stereocenters. The van der Waals surface area contributed by atoms with Gasteiger partial charge in [0.2, 0.25) is 0 Å². The van der Waals surface area contributed by atoms with Crippen LogP contribution < -0.4 is 5.32 Å². The van der Waals surface area contributed by atoms with Gasteiger partial charge in [-0.3, -0.25) is 4.90 Å². The minimum absolute atomic E-state index is 0.626. The monoisotopic (exact) mass is 208 g/mol. The maximum absolute atomic E-state index is 5.17. The molecule has 0 aromatic carbocycles. The molecule has 1 N–H and O–H groups in total. The van der Waals surface area contributed by atoms with Crippen molar-refractivity contribution in [2.45, 2.75) is 32.7 Å². The van der Waals surface area contributed by atoms with Crippen molar-refractivity contribution in [3.8, 4) is 24.7 Å². The van der Waals surface area contributed by atoms with Crippen molar-refractivity contribution in [1.82, 2.24) is 10.2 Å². The molecule has 0 aliphatic heterocycles. The molecule has 0 radical (unpaired) electrons. The Hall–Kier alpha value is -0.960. The first-order valence-electron chi connectivity index (χ1n) is 5.35. The molecule has 0 saturated heterocycles. The number of hydrogen-bond acceptors (Lipinski definition) is 2. The first kappa shape index (κ1) is 16.5. The summed E-state index contributed by atoms with van der Waals surface area (Å²) in [7, 11) is 3.89. The van der Waals surface area contributed by atoms with E-state index in [-0.39, 0.29) is 0 Å². The highest BCUT2D eigenvalue weighted by molar-refractivity contribution is 4.88. The summed E-state index contributed by atoms with van der Waals surface area (Å²) >= 11 is 0. The third-order valence-corrected chi connectivity index (χ3v) is 2.08. The molecule has 0 amide bonds. The van der Waals surface area contributed by atoms with Gasteiger partial charge in [-0.15, -0.1) is 12.8 Å². The van der Waals surface area contributed by atoms with Crippen LogP contribution in [0.1, 0.15) is 26.7 Å². The first-order chi connectivity index (χ1) is 7.13. The van der Waals surface area contributed by atoms with Crippen LogP contribution in [0.5, 0.6) is 0 Å². The van der Waals surface area contributed by atoms with Gasteiger partial charge in [-0.25, -0.2) is 0 Å². The Kier molecular flexibility index (Phi) is 14.3. The molecule has 0 aromatic heterocycles. The van der Waals surface area contributed by atoms with Crippen LogP contribution in [0.4, 0.5) is 0 Å². The largest absolute Gasteiger partial charge is 0.309 e. The minimum Gasteiger partial charge on any atom is -0.309 e. The molecule has 2 heteroatoms. The van der Waals surface area contributed by atoms with E-state index in [1.807, 2.05) is 7.05 Å². The van der Waals surface area contributed by atoms with Crippen molar-refractivity contribution in [3.05, 3.63) is 0 Å². The number of terminal acetylenes is 2. The SMILES string of the molecule is C#CCN(C)C(C)CCC.C#CCNC. The predicted octanol–water partition coefficient (Wildman–Crippen LogP) is 1.58. The smallest absolute Gasteiger partial charge is 0.0598 e. The van der Waals surface area contributed by atoms with E-state index in [0.29, 0.717) is 12.6 Å². The van der Waals surface area contributed by atoms with E-state index in [9.17, 15) is 0 Å². The average molecular weight is 208 g/mol. The first-order valence-corrected chi connectivity index (χ1v) is 5.35. The molecule has 0 rings (SSSR count). The average Bonchev–Trinajstić information content (AvgIpc) is 2.20. The van der Waals surface area contributed by atoms with E-state index < -0.39 is 0 Å². The van der Waals surface area contributed by atoms with E-state index >= 15 is 0 Å². The maximum atomic E-state index is 5.17. The van der Waals surface area contributed by atoms with Gasteiger partial charge < -0.3 is 5.32 Å². The molecule has 0 fully saturated rings. The van der Waals surface area contributed by atoms with E-state index in [1.165, 1.54) is 12.8 Å². The quantitative estimate of drug-likeness (QED) is 0.690. The van der Waals surface area contributed by atoms with Gasteiger partial charge in [0.15, 0.2) is 0 Å². The molecule has 2 nitrogen and oxygen atoms in total. The van der Waals surface area contributed by atoms with Gasteiger partial charge in [0, 0.05) is 6.04 Å². The molecular formula is C13H24N2. The van der Waals surface area contributed by atoms with E-state index in [4.69, 9.17) is 12.8 Å². The molecule has 0 aliphatic rings. The van der Waals surface area contributed by atoms with Gasteiger partial charge in [0.05, 0.1) is 13.1 Å². The lowest BCUT2D eigenvalue weighted by atomic mass is 10.2. The van der Waals surface area contributed by atoms with Crippen molar-refractivity contribution in [2.75, 3.05) is 27.2 Å². The maximum Gasteiger partial charge on any atom is 0.0598 e. The molecule has 1 unspecified atom stereocenters. The molecular weight excluding hydrogens is 184 g/mol. The summed E-state index contributed by atoms with van der Waals surface area (Å²) in [5, 5.41) is 2.78. The van der Waals surface area contributed by atoms with E-state index in [1.54, 1.807) is 0 Å². The zero-order chi connectivity index (χ0) is 12.1. The summed E-state index contributed by atoms with van der Waals surface area (Å²) in [4.78, 5) is 2.20. The van der Waals surface area contributed by atoms with Gasteiger partial charge in [-0.1, -0.05) is 25.2 Å². The Morgan fingerprint density at radius 3 is 2.20 bits per heavy atom. The van der Waals surface area contributed by atoms with E-state index in [2.05, 4.69) is 43.0 Å². The Morgan fingerprint density at radius 2 is 1.93 bits per heavy atom. The molecule has 0 spiro atoms. The summed E-state index contributed by atoms with van der Waals surface area (Å²) < 4.78 is 0. The Morgan fingerprint density at radius 1 is 1.33 bits per heavy atom. The molecule has 86 valence electrons. The van der Waals surface area contributed by atoms with E-state index in [0.717, 1.165) is 6.54 Å². The fraction of sp³-hybridized carbons (Fsp3) is 0.692. The Bertz CT molecular complexity index is 198. The second-order valence-corrected chi connectivity index (χ2v) is 3.49. The zero-order valence-corrected chi connectivity index (χ0v) is 10.5. The van der Waals surface area contributed by atoms with Crippen LogP contribution in [0.15, 0.2) is 0 Å². The van der Waals surface area contributed by atoms with Crippen LogP contribution in [0.3, 0.4) is 0 Å². The van der Waals surface area contributed by atoms with Crippen LogP contribution in [0, 0.1) is 24.7 Å². The second kappa shape index (κ2) is 13.0. The zero-order valence-electron chi connectivity index (χ0n) is 10.5. The standard InChI is InChI=1S/C9H17N.C4H7N/c1-5-7-9(3)10(4)8-6-2;1-3-4-5-2/h2,9H,5,7-8H2,1,3-4H3;1,5H,4H2,2H3. The molecule has 15 heavy (non-hydrogen) atoms. The fourth-order valence-electron chi connectivity index (χ4n) is 1.04. The van der Waals surface area contributed by atoms with Gasteiger partial charge in [-0.05, 0) is 27.4 Å². The van der Waals surface area contributed by atoms with Crippen LogP contribution in [0.25, 0.3) is 0 Å². The highest BCUT2D eigenvalue weighted by atomic mass is 15.1. The summed E-state index contributed by atoms with van der Waals surface area (Å²) in [5.41, 5.74) is 0. The molecule has 0 heterocycles. The van der Waals surface area contributed by atoms with Crippen molar-refractivity contribution >= 4 is 0 Å². The van der Waals surface area contributed by atoms with Gasteiger partial charge in [-0.2, -0.15) is 0 Å². The molecule has 0 aromatic rings. The number of nitrogens with one attached hydrogen (secondary N) is 1. The third-order valence-electron chi connectivity index (χ3n) is 2.08. The lowest BCUT2D eigenvalue weighted by Crippen LogP contribution is -2.28. The predicted molar refractivity (Wildman–Crippen MR) is 68.6 cm³/mol. The summed E-state index contributed by atoms with van der Waals surface area (Å²) in [6.45, 7) is 5.84. The molecule has 0 saturated carbocycles. The van der Waals surface area contributed by atoms with Crippen molar-refractivity contribution in [2.24, 2.45) is 0 Å². The van der Waals surface area contributed by atoms with Crippen molar-refractivity contribution in [3.63, 3.8) is 0 Å². The summed E-state index contributed by atoms with van der Waals surface area (Å²) in [6, 6.07) is 0.626. The van der Waals surface area contributed by atoms with Crippen molar-refractivity contribution < 1.29 is 0 Å². The van der Waals surface area contributed by atoms with Gasteiger partial charge in [0.1, 0.15) is 0 Å². The second-order valence-electron chi connectivity index (χ2n) is 3.49. The lowest BCUT2D eigenvalue weighted by molar-refractivity contribution is 0.273. The summed E-state index contributed by atoms with van der Waals surface area (Å²) in [5.74, 6) is 5.04. The van der Waals surface area contributed by atoms with Gasteiger partial charge >= 0.3 is 0 Å². The molecule has 0 bridgehead atoms. The molecule has 0 aliphatic carbocycles. The van der Waals surface area contributed by atoms with Crippen LogP contribution in [0.2, 0.25) is 0 Å². The third kappa shape index (κ3) is 13.0. The topological polar surface area (TPSA) is 15.3 Å². The van der Waals surface area contributed by atoms with Gasteiger partial charge in [0.25, 0.3) is 0 Å². The Balaban J connectivity index is 0. The number of nitrogens with zero attached hydrogens (tertiary/aromatic N) is 1. The van der Waals surface area contributed by atoms with Crippen LogP contribution in [-0.2, 0) is 0 Å². The highest BCUT2D eigenvalue weighted by Crippen LogP contribution is 2.02.